The van der Waals surface area contributed by atoms with E-state index in [0.717, 1.165) is 0 Å². The van der Waals surface area contributed by atoms with E-state index in [2.05, 4.69) is 5.32 Å². The van der Waals surface area contributed by atoms with Gasteiger partial charge < -0.3 is 11.1 Å². The number of nitrogens with one attached hydrogen (secondary N) is 1. The van der Waals surface area contributed by atoms with Crippen LogP contribution < -0.4 is 11.1 Å². The molecule has 0 aromatic rings. The van der Waals surface area contributed by atoms with Crippen molar-refractivity contribution in [3.05, 3.63) is 0 Å². The van der Waals surface area contributed by atoms with Gasteiger partial charge in [-0.1, -0.05) is 13.8 Å². The fourth-order valence-electron chi connectivity index (χ4n) is 0.285. The molecule has 0 aromatic carbocycles. The highest BCUT2D eigenvalue weighted by atomic mass is 16.2. The van der Waals surface area contributed by atoms with E-state index in [4.69, 9.17) is 5.73 Å². The van der Waals surface area contributed by atoms with Crippen molar-refractivity contribution in [2.45, 2.75) is 33.7 Å². The number of nitrogens with two attached hydrogens (primary N) is 1. The first-order valence-electron chi connectivity index (χ1n) is 3.19. The number of rotatable bonds is 1. The summed E-state index contributed by atoms with van der Waals surface area (Å²) in [7, 11) is 0. The van der Waals surface area contributed by atoms with Gasteiger partial charge in [0, 0.05) is 8.90 Å². The molecular formula is C6H20N2O. The third-order valence-corrected chi connectivity index (χ3v) is 0.431. The molecular weight excluding hydrogens is 116 g/mol. The number of urea groups is 1. The predicted molar refractivity (Wildman–Crippen MR) is 43.4 cm³/mol. The molecule has 9 heavy (non-hydrogen) atoms. The van der Waals surface area contributed by atoms with Crippen molar-refractivity contribution in [1.29, 1.82) is 0 Å². The minimum absolute atomic E-state index is 0. The molecule has 0 bridgehead atoms. The number of primary amides is 1. The standard InChI is InChI=1S/C4H10N2O.C2H6.2H2/c1-3(2)6-4(5)7;1-2;;/h3H,1-2H3,(H3,5,6,7);1-2H3;2*1H. The van der Waals surface area contributed by atoms with E-state index in [0.29, 0.717) is 0 Å². The molecule has 3 heteroatoms. The van der Waals surface area contributed by atoms with Gasteiger partial charge in [-0.05, 0) is 13.8 Å². The molecule has 0 saturated carbocycles. The van der Waals surface area contributed by atoms with E-state index in [9.17, 15) is 4.79 Å². The molecule has 3 nitrogen and oxygen atoms in total. The van der Waals surface area contributed by atoms with Crippen LogP contribution in [0.5, 0.6) is 0 Å². The second-order valence-corrected chi connectivity index (χ2v) is 1.66. The first-order valence-corrected chi connectivity index (χ1v) is 3.19. The largest absolute Gasteiger partial charge is 0.352 e. The summed E-state index contributed by atoms with van der Waals surface area (Å²) in [5.41, 5.74) is 4.74. The highest BCUT2D eigenvalue weighted by molar-refractivity contribution is 5.71. The maximum Gasteiger partial charge on any atom is 0.312 e. The second kappa shape index (κ2) is 7.27. The van der Waals surface area contributed by atoms with Crippen molar-refractivity contribution in [3.8, 4) is 0 Å². The maximum atomic E-state index is 9.92. The summed E-state index contributed by atoms with van der Waals surface area (Å²) in [5.74, 6) is 0. The molecule has 0 rings (SSSR count). The van der Waals surface area contributed by atoms with Crippen LogP contribution in [0.2, 0.25) is 0 Å². The van der Waals surface area contributed by atoms with Crippen molar-refractivity contribution in [2.75, 3.05) is 0 Å². The van der Waals surface area contributed by atoms with E-state index in [1.807, 2.05) is 27.7 Å². The molecule has 0 saturated heterocycles. The third-order valence-electron chi connectivity index (χ3n) is 0.431. The minimum atomic E-state index is -0.463. The van der Waals surface area contributed by atoms with Gasteiger partial charge in [-0.25, -0.2) is 4.79 Å². The van der Waals surface area contributed by atoms with Gasteiger partial charge in [-0.15, -0.1) is 0 Å². The molecule has 0 fully saturated rings. The summed E-state index contributed by atoms with van der Waals surface area (Å²) >= 11 is 0. The summed E-state index contributed by atoms with van der Waals surface area (Å²) < 4.78 is 0. The maximum absolute atomic E-state index is 9.92. The van der Waals surface area contributed by atoms with Gasteiger partial charge in [0.1, 0.15) is 0 Å². The summed E-state index contributed by atoms with van der Waals surface area (Å²) in [6.45, 7) is 7.70. The Balaban J connectivity index is -0.0000000564. The predicted octanol–water partition coefficient (Wildman–Crippen LogP) is 1.58. The molecule has 0 aliphatic heterocycles. The van der Waals surface area contributed by atoms with Crippen LogP contribution in [0.3, 0.4) is 0 Å². The molecule has 0 aromatic heterocycles. The quantitative estimate of drug-likeness (QED) is 0.565. The van der Waals surface area contributed by atoms with Gasteiger partial charge in [0.25, 0.3) is 0 Å². The monoisotopic (exact) mass is 136 g/mol. The zero-order valence-corrected chi connectivity index (χ0v) is 6.56. The van der Waals surface area contributed by atoms with Crippen molar-refractivity contribution in [1.82, 2.24) is 5.32 Å². The molecule has 0 aliphatic carbocycles. The first kappa shape index (κ1) is 11.1. The number of hydrogen-bond donors (Lipinski definition) is 2. The van der Waals surface area contributed by atoms with Crippen LogP contribution in [0.4, 0.5) is 4.79 Å². The summed E-state index contributed by atoms with van der Waals surface area (Å²) in [5, 5.41) is 2.44. The normalized spacial score (nSPS) is 7.67. The molecule has 0 radical (unpaired) electrons. The van der Waals surface area contributed by atoms with Gasteiger partial charge in [0.05, 0.1) is 0 Å². The second-order valence-electron chi connectivity index (χ2n) is 1.66. The SMILES string of the molecule is CC.CC(C)NC(N)=O.[HH].[HH]. The van der Waals surface area contributed by atoms with Crippen LogP contribution in [0.1, 0.15) is 30.5 Å². The van der Waals surface area contributed by atoms with Gasteiger partial charge >= 0.3 is 6.03 Å². The van der Waals surface area contributed by atoms with Gasteiger partial charge in [0.15, 0.2) is 0 Å². The van der Waals surface area contributed by atoms with Crippen LogP contribution in [-0.2, 0) is 0 Å². The topological polar surface area (TPSA) is 55.1 Å². The van der Waals surface area contributed by atoms with E-state index in [-0.39, 0.29) is 8.90 Å². The fourth-order valence-corrected chi connectivity index (χ4v) is 0.285. The van der Waals surface area contributed by atoms with Crippen LogP contribution in [0.25, 0.3) is 0 Å². The van der Waals surface area contributed by atoms with Crippen molar-refractivity contribution in [2.24, 2.45) is 5.73 Å². The number of hydrogen-bond acceptors (Lipinski definition) is 1. The highest BCUT2D eigenvalue weighted by Crippen LogP contribution is 1.71. The van der Waals surface area contributed by atoms with E-state index < -0.39 is 6.03 Å². The van der Waals surface area contributed by atoms with E-state index in [1.54, 1.807) is 0 Å². The Hall–Kier alpha value is -0.730. The van der Waals surface area contributed by atoms with E-state index in [1.165, 1.54) is 0 Å². The Morgan fingerprint density at radius 3 is 1.89 bits per heavy atom. The lowest BCUT2D eigenvalue weighted by Gasteiger charge is -2.01. The van der Waals surface area contributed by atoms with Crippen LogP contribution in [0.15, 0.2) is 0 Å². The molecule has 0 heterocycles. The van der Waals surface area contributed by atoms with E-state index >= 15 is 0 Å². The summed E-state index contributed by atoms with van der Waals surface area (Å²) in [6, 6.07) is -0.312. The van der Waals surface area contributed by atoms with Crippen molar-refractivity contribution in [3.63, 3.8) is 0 Å². The number of carbonyl (C=O) groups excluding carboxylic acids is 1. The number of amides is 2. The Kier molecular flexibility index (Phi) is 8.98. The third kappa shape index (κ3) is 18.9. The molecule has 60 valence electrons. The fraction of sp³-hybridized carbons (Fsp3) is 0.833. The Morgan fingerprint density at radius 1 is 1.56 bits per heavy atom. The van der Waals surface area contributed by atoms with Crippen molar-refractivity contribution < 1.29 is 7.65 Å². The van der Waals surface area contributed by atoms with Crippen LogP contribution in [0, 0.1) is 0 Å². The number of carbonyl (C=O) groups is 1. The smallest absolute Gasteiger partial charge is 0.312 e. The average Bonchev–Trinajstić information content (AvgIpc) is 1.68. The zero-order valence-electron chi connectivity index (χ0n) is 6.56. The lowest BCUT2D eigenvalue weighted by molar-refractivity contribution is 0.247. The molecule has 0 spiro atoms. The molecule has 0 aliphatic rings. The lowest BCUT2D eigenvalue weighted by Crippen LogP contribution is -2.34. The van der Waals surface area contributed by atoms with Gasteiger partial charge in [0.2, 0.25) is 0 Å². The van der Waals surface area contributed by atoms with Gasteiger partial charge in [-0.3, -0.25) is 0 Å². The molecule has 2 amide bonds. The lowest BCUT2D eigenvalue weighted by atomic mass is 10.4. The summed E-state index contributed by atoms with van der Waals surface area (Å²) in [6.07, 6.45) is 0. The van der Waals surface area contributed by atoms with Crippen LogP contribution in [-0.4, -0.2) is 12.1 Å². The Labute approximate surface area is 59.6 Å². The van der Waals surface area contributed by atoms with Gasteiger partial charge in [-0.2, -0.15) is 0 Å². The average molecular weight is 136 g/mol. The molecule has 0 atom stereocenters. The molecule has 3 N–H and O–H groups in total. The van der Waals surface area contributed by atoms with Crippen molar-refractivity contribution >= 4 is 6.03 Å². The highest BCUT2D eigenvalue weighted by Gasteiger charge is 1.91. The Bertz CT molecular complexity index is 79.0. The zero-order chi connectivity index (χ0) is 7.86. The summed E-state index contributed by atoms with van der Waals surface area (Å²) in [4.78, 5) is 9.92. The van der Waals surface area contributed by atoms with Crippen LogP contribution >= 0.6 is 0 Å². The Morgan fingerprint density at radius 2 is 1.89 bits per heavy atom. The first-order chi connectivity index (χ1) is 4.13. The molecule has 0 unspecified atom stereocenters. The minimum Gasteiger partial charge on any atom is -0.352 e.